The first kappa shape index (κ1) is 18.1. The molecule has 2 aromatic rings. The van der Waals surface area contributed by atoms with Crippen LogP contribution in [0.1, 0.15) is 43.5 Å². The molecule has 0 bridgehead atoms. The molecule has 7 heteroatoms. The molecule has 144 valence electrons. The Morgan fingerprint density at radius 1 is 1.07 bits per heavy atom. The molecule has 2 aliphatic rings. The minimum atomic E-state index is 0.126. The summed E-state index contributed by atoms with van der Waals surface area (Å²) in [6.45, 7) is 6.19. The van der Waals surface area contributed by atoms with Crippen LogP contribution in [0, 0.1) is 11.8 Å². The first-order chi connectivity index (χ1) is 13.1. The molecule has 2 atom stereocenters. The van der Waals surface area contributed by atoms with Crippen LogP contribution in [-0.4, -0.2) is 50.7 Å². The lowest BCUT2D eigenvalue weighted by molar-refractivity contribution is 0.0673. The molecule has 2 unspecified atom stereocenters. The standard InChI is InChI=1S/C20H28N6O/c1-14(2)18-11-19(24-23-18)15-7-9-25(10-8-15)20(27)16-3-5-17(6-4-16)26-12-21-22-13-26/h3-6,12-15,18-19,23-24H,7-11H2,1-2H3. The van der Waals surface area contributed by atoms with Gasteiger partial charge in [0.05, 0.1) is 0 Å². The van der Waals surface area contributed by atoms with Crippen LogP contribution in [0.3, 0.4) is 0 Å². The summed E-state index contributed by atoms with van der Waals surface area (Å²) < 4.78 is 1.83. The number of hydrogen-bond donors (Lipinski definition) is 2. The summed E-state index contributed by atoms with van der Waals surface area (Å²) in [7, 11) is 0. The van der Waals surface area contributed by atoms with Gasteiger partial charge in [-0.05, 0) is 55.4 Å². The highest BCUT2D eigenvalue weighted by Crippen LogP contribution is 2.27. The van der Waals surface area contributed by atoms with Gasteiger partial charge >= 0.3 is 0 Å². The van der Waals surface area contributed by atoms with Gasteiger partial charge in [-0.25, -0.2) is 0 Å². The van der Waals surface area contributed by atoms with Crippen LogP contribution in [0.2, 0.25) is 0 Å². The second-order valence-corrected chi connectivity index (χ2v) is 8.03. The predicted molar refractivity (Wildman–Crippen MR) is 103 cm³/mol. The molecule has 7 nitrogen and oxygen atoms in total. The number of carbonyl (C=O) groups is 1. The molecule has 0 radical (unpaired) electrons. The van der Waals surface area contributed by atoms with E-state index in [0.717, 1.165) is 37.2 Å². The summed E-state index contributed by atoms with van der Waals surface area (Å²) in [6.07, 6.45) is 6.61. The number of piperidine rings is 1. The Labute approximate surface area is 160 Å². The molecule has 0 saturated carbocycles. The monoisotopic (exact) mass is 368 g/mol. The number of hydrogen-bond acceptors (Lipinski definition) is 5. The molecule has 0 aliphatic carbocycles. The zero-order valence-electron chi connectivity index (χ0n) is 16.0. The SMILES string of the molecule is CC(C)C1CC(C2CCN(C(=O)c3ccc(-n4cnnc4)cc3)CC2)NN1. The van der Waals surface area contributed by atoms with Crippen LogP contribution in [0.5, 0.6) is 0 Å². The summed E-state index contributed by atoms with van der Waals surface area (Å²) in [5.41, 5.74) is 8.62. The summed E-state index contributed by atoms with van der Waals surface area (Å²) in [4.78, 5) is 14.8. The third kappa shape index (κ3) is 3.89. The maximum Gasteiger partial charge on any atom is 0.253 e. The molecule has 2 aliphatic heterocycles. The normalized spacial score (nSPS) is 23.9. The molecule has 2 saturated heterocycles. The highest BCUT2D eigenvalue weighted by molar-refractivity contribution is 5.94. The summed E-state index contributed by atoms with van der Waals surface area (Å²) in [6, 6.07) is 8.72. The Bertz CT molecular complexity index is 749. The molecule has 27 heavy (non-hydrogen) atoms. The molecular formula is C20H28N6O. The molecule has 4 rings (SSSR count). The molecule has 0 spiro atoms. The quantitative estimate of drug-likeness (QED) is 0.863. The fourth-order valence-electron chi connectivity index (χ4n) is 4.15. The van der Waals surface area contributed by atoms with Crippen molar-refractivity contribution in [2.24, 2.45) is 11.8 Å². The smallest absolute Gasteiger partial charge is 0.253 e. The van der Waals surface area contributed by atoms with E-state index in [4.69, 9.17) is 0 Å². The minimum Gasteiger partial charge on any atom is -0.339 e. The van der Waals surface area contributed by atoms with E-state index < -0.39 is 0 Å². The van der Waals surface area contributed by atoms with E-state index in [1.54, 1.807) is 12.7 Å². The van der Waals surface area contributed by atoms with Crippen LogP contribution in [-0.2, 0) is 0 Å². The maximum atomic E-state index is 12.8. The first-order valence-electron chi connectivity index (χ1n) is 9.87. The maximum absolute atomic E-state index is 12.8. The predicted octanol–water partition coefficient (Wildman–Crippen LogP) is 2.01. The van der Waals surface area contributed by atoms with Gasteiger partial charge in [-0.15, -0.1) is 10.2 Å². The second kappa shape index (κ2) is 7.78. The lowest BCUT2D eigenvalue weighted by Crippen LogP contribution is -2.44. The third-order valence-corrected chi connectivity index (χ3v) is 5.99. The zero-order chi connectivity index (χ0) is 18.8. The van der Waals surface area contributed by atoms with Crippen molar-refractivity contribution in [1.82, 2.24) is 30.5 Å². The highest BCUT2D eigenvalue weighted by Gasteiger charge is 2.34. The van der Waals surface area contributed by atoms with Crippen molar-refractivity contribution in [3.8, 4) is 5.69 Å². The largest absolute Gasteiger partial charge is 0.339 e. The van der Waals surface area contributed by atoms with Crippen LogP contribution in [0.15, 0.2) is 36.9 Å². The van der Waals surface area contributed by atoms with Crippen molar-refractivity contribution in [2.75, 3.05) is 13.1 Å². The van der Waals surface area contributed by atoms with Crippen LogP contribution in [0.4, 0.5) is 0 Å². The van der Waals surface area contributed by atoms with E-state index >= 15 is 0 Å². The summed E-state index contributed by atoms with van der Waals surface area (Å²) >= 11 is 0. The van der Waals surface area contributed by atoms with Crippen LogP contribution >= 0.6 is 0 Å². The molecule has 1 amide bonds. The highest BCUT2D eigenvalue weighted by atomic mass is 16.2. The number of nitrogens with zero attached hydrogens (tertiary/aromatic N) is 4. The number of amides is 1. The lowest BCUT2D eigenvalue weighted by Gasteiger charge is -2.34. The van der Waals surface area contributed by atoms with E-state index in [1.165, 1.54) is 6.42 Å². The second-order valence-electron chi connectivity index (χ2n) is 8.03. The van der Waals surface area contributed by atoms with Gasteiger partial charge in [0.25, 0.3) is 5.91 Å². The van der Waals surface area contributed by atoms with E-state index in [2.05, 4.69) is 34.9 Å². The van der Waals surface area contributed by atoms with Crippen molar-refractivity contribution < 1.29 is 4.79 Å². The van der Waals surface area contributed by atoms with Gasteiger partial charge in [0.2, 0.25) is 0 Å². The Morgan fingerprint density at radius 2 is 1.74 bits per heavy atom. The van der Waals surface area contributed by atoms with E-state index in [9.17, 15) is 4.79 Å². The van der Waals surface area contributed by atoms with Crippen molar-refractivity contribution in [2.45, 2.75) is 45.2 Å². The number of benzene rings is 1. The molecule has 1 aromatic carbocycles. The Hall–Kier alpha value is -2.25. The molecule has 2 N–H and O–H groups in total. The molecule has 2 fully saturated rings. The van der Waals surface area contributed by atoms with Gasteiger partial charge in [0.1, 0.15) is 12.7 Å². The van der Waals surface area contributed by atoms with Crippen LogP contribution in [0.25, 0.3) is 5.69 Å². The van der Waals surface area contributed by atoms with Gasteiger partial charge in [0, 0.05) is 36.4 Å². The third-order valence-electron chi connectivity index (χ3n) is 5.99. The van der Waals surface area contributed by atoms with Gasteiger partial charge in [-0.2, -0.15) is 0 Å². The zero-order valence-corrected chi connectivity index (χ0v) is 16.0. The van der Waals surface area contributed by atoms with Gasteiger partial charge in [0.15, 0.2) is 0 Å². The molecule has 1 aromatic heterocycles. The average molecular weight is 368 g/mol. The van der Waals surface area contributed by atoms with Gasteiger partial charge in [-0.3, -0.25) is 20.2 Å². The fraction of sp³-hybridized carbons (Fsp3) is 0.550. The Morgan fingerprint density at radius 3 is 2.33 bits per heavy atom. The average Bonchev–Trinajstić information content (AvgIpc) is 3.40. The Balaban J connectivity index is 1.32. The summed E-state index contributed by atoms with van der Waals surface area (Å²) in [5.74, 6) is 1.41. The van der Waals surface area contributed by atoms with E-state index in [1.807, 2.05) is 33.7 Å². The van der Waals surface area contributed by atoms with Crippen molar-refractivity contribution in [3.05, 3.63) is 42.5 Å². The number of likely N-dealkylation sites (tertiary alicyclic amines) is 1. The molecule has 3 heterocycles. The number of aromatic nitrogens is 3. The van der Waals surface area contributed by atoms with E-state index in [-0.39, 0.29) is 5.91 Å². The van der Waals surface area contributed by atoms with Crippen molar-refractivity contribution in [1.29, 1.82) is 0 Å². The molecular weight excluding hydrogens is 340 g/mol. The van der Waals surface area contributed by atoms with Gasteiger partial charge < -0.3 is 4.90 Å². The van der Waals surface area contributed by atoms with Crippen LogP contribution < -0.4 is 10.9 Å². The van der Waals surface area contributed by atoms with Crippen molar-refractivity contribution in [3.63, 3.8) is 0 Å². The van der Waals surface area contributed by atoms with Crippen molar-refractivity contribution >= 4 is 5.91 Å². The Kier molecular flexibility index (Phi) is 5.22. The first-order valence-corrected chi connectivity index (χ1v) is 9.87. The minimum absolute atomic E-state index is 0.126. The van der Waals surface area contributed by atoms with E-state index in [0.29, 0.717) is 23.9 Å². The van der Waals surface area contributed by atoms with Gasteiger partial charge in [-0.1, -0.05) is 13.8 Å². The fourth-order valence-corrected chi connectivity index (χ4v) is 4.15. The summed E-state index contributed by atoms with van der Waals surface area (Å²) in [5, 5.41) is 7.62. The number of carbonyl (C=O) groups excluding carboxylic acids is 1. The number of rotatable bonds is 4. The lowest BCUT2D eigenvalue weighted by atomic mass is 9.85. The number of hydrazine groups is 1. The topological polar surface area (TPSA) is 75.1 Å². The number of nitrogens with one attached hydrogen (secondary N) is 2.